The molecule has 1 aromatic rings. The van der Waals surface area contributed by atoms with E-state index >= 15 is 0 Å². The predicted molar refractivity (Wildman–Crippen MR) is 79.6 cm³/mol. The second-order valence-electron chi connectivity index (χ2n) is 3.89. The molecule has 104 valence electrons. The Labute approximate surface area is 116 Å². The van der Waals surface area contributed by atoms with Crippen molar-refractivity contribution in [2.45, 2.75) is 32.6 Å². The predicted octanol–water partition coefficient (Wildman–Crippen LogP) is 4.02. The molecule has 0 unspecified atom stereocenters. The van der Waals surface area contributed by atoms with Crippen LogP contribution < -0.4 is 0 Å². The van der Waals surface area contributed by atoms with E-state index in [1.807, 2.05) is 18.2 Å². The zero-order valence-electron chi connectivity index (χ0n) is 11.7. The Morgan fingerprint density at radius 1 is 1.32 bits per heavy atom. The lowest BCUT2D eigenvalue weighted by molar-refractivity contribution is -0.137. The molecule has 0 spiro atoms. The van der Waals surface area contributed by atoms with Crippen molar-refractivity contribution in [2.24, 2.45) is 0 Å². The minimum Gasteiger partial charge on any atom is -0.463 e. The summed E-state index contributed by atoms with van der Waals surface area (Å²) in [6.07, 6.45) is 9.19. The molecular weight excluding hydrogens is 238 g/mol. The van der Waals surface area contributed by atoms with Crippen LogP contribution in [-0.4, -0.2) is 17.6 Å². The van der Waals surface area contributed by atoms with Crippen molar-refractivity contribution in [3.8, 4) is 0 Å². The van der Waals surface area contributed by atoms with Gasteiger partial charge >= 0.3 is 5.97 Å². The molecular formula is C16H23NO2. The molecule has 0 saturated heterocycles. The molecule has 19 heavy (non-hydrogen) atoms. The molecule has 0 fully saturated rings. The van der Waals surface area contributed by atoms with E-state index in [-0.39, 0.29) is 5.97 Å². The first-order chi connectivity index (χ1) is 9.24. The molecule has 1 aromatic heterocycles. The first-order valence-electron chi connectivity index (χ1n) is 6.57. The monoisotopic (exact) mass is 261 g/mol. The number of nitrogens with zero attached hydrogens (tertiary/aromatic N) is 1. The number of unbranched alkanes of at least 4 members (excludes halogenated alkanes) is 3. The maximum absolute atomic E-state index is 10.5. The van der Waals surface area contributed by atoms with Crippen LogP contribution in [0.4, 0.5) is 0 Å². The Morgan fingerprint density at radius 3 is 2.58 bits per heavy atom. The number of hydrogen-bond donors (Lipinski definition) is 0. The van der Waals surface area contributed by atoms with Gasteiger partial charge in [-0.3, -0.25) is 4.98 Å². The van der Waals surface area contributed by atoms with Crippen LogP contribution in [0.1, 0.15) is 38.3 Å². The van der Waals surface area contributed by atoms with Crippen LogP contribution in [0.2, 0.25) is 0 Å². The fraction of sp³-hybridized carbons (Fsp3) is 0.375. The maximum atomic E-state index is 10.5. The molecule has 0 radical (unpaired) electrons. The average molecular weight is 261 g/mol. The zero-order valence-corrected chi connectivity index (χ0v) is 11.7. The van der Waals surface area contributed by atoms with Crippen molar-refractivity contribution in [1.29, 1.82) is 0 Å². The molecule has 0 amide bonds. The molecule has 0 aromatic carbocycles. The summed E-state index contributed by atoms with van der Waals surface area (Å²) in [5, 5.41) is 0. The van der Waals surface area contributed by atoms with Crippen molar-refractivity contribution in [3.05, 3.63) is 49.3 Å². The average Bonchev–Trinajstić information content (AvgIpc) is 2.48. The molecule has 0 N–H and O–H groups in total. The standard InChI is InChI=1S/C9H16O2.C7H7N/c1-3-5-6-7-8-11-9(10)4-2;1-2-7-5-3-4-6-8-7/h4H,2-3,5-8H2,1H3;2-6H,1H2. The number of esters is 1. The molecule has 0 atom stereocenters. The maximum Gasteiger partial charge on any atom is 0.330 e. The molecule has 3 nitrogen and oxygen atoms in total. The van der Waals surface area contributed by atoms with Gasteiger partial charge in [0, 0.05) is 12.3 Å². The second-order valence-corrected chi connectivity index (χ2v) is 3.89. The summed E-state index contributed by atoms with van der Waals surface area (Å²) < 4.78 is 4.78. The molecule has 1 rings (SSSR count). The smallest absolute Gasteiger partial charge is 0.330 e. The second kappa shape index (κ2) is 12.6. The van der Waals surface area contributed by atoms with Crippen molar-refractivity contribution in [1.82, 2.24) is 4.98 Å². The van der Waals surface area contributed by atoms with Crippen LogP contribution in [0, 0.1) is 0 Å². The highest BCUT2D eigenvalue weighted by atomic mass is 16.5. The first-order valence-corrected chi connectivity index (χ1v) is 6.57. The summed E-state index contributed by atoms with van der Waals surface area (Å²) in [5.41, 5.74) is 0.924. The lowest BCUT2D eigenvalue weighted by atomic mass is 10.2. The topological polar surface area (TPSA) is 39.2 Å². The summed E-state index contributed by atoms with van der Waals surface area (Å²) in [5.74, 6) is -0.318. The van der Waals surface area contributed by atoms with Crippen molar-refractivity contribution < 1.29 is 9.53 Å². The number of carbonyl (C=O) groups is 1. The Kier molecular flexibility index (Phi) is 11.3. The van der Waals surface area contributed by atoms with E-state index in [0.717, 1.165) is 18.5 Å². The molecule has 0 aliphatic heterocycles. The van der Waals surface area contributed by atoms with Gasteiger partial charge in [-0.05, 0) is 24.6 Å². The molecule has 0 bridgehead atoms. The van der Waals surface area contributed by atoms with Gasteiger partial charge in [0.25, 0.3) is 0 Å². The molecule has 0 saturated carbocycles. The minimum atomic E-state index is -0.318. The number of aromatic nitrogens is 1. The van der Waals surface area contributed by atoms with Crippen LogP contribution in [0.5, 0.6) is 0 Å². The summed E-state index contributed by atoms with van der Waals surface area (Å²) in [6, 6.07) is 5.73. The molecule has 0 aliphatic carbocycles. The Bertz CT molecular complexity index is 360. The van der Waals surface area contributed by atoms with Gasteiger partial charge in [0.1, 0.15) is 0 Å². The summed E-state index contributed by atoms with van der Waals surface area (Å²) in [6.45, 7) is 9.55. The van der Waals surface area contributed by atoms with Crippen LogP contribution in [0.3, 0.4) is 0 Å². The van der Waals surface area contributed by atoms with Gasteiger partial charge < -0.3 is 4.74 Å². The van der Waals surface area contributed by atoms with Gasteiger partial charge in [0.15, 0.2) is 0 Å². The number of carbonyl (C=O) groups excluding carboxylic acids is 1. The lowest BCUT2D eigenvalue weighted by Gasteiger charge is -1.99. The number of rotatable bonds is 7. The van der Waals surface area contributed by atoms with Gasteiger partial charge in [-0.25, -0.2) is 4.79 Å². The van der Waals surface area contributed by atoms with E-state index in [1.54, 1.807) is 12.3 Å². The highest BCUT2D eigenvalue weighted by molar-refractivity contribution is 5.81. The zero-order chi connectivity index (χ0) is 14.3. The Hall–Kier alpha value is -1.90. The Morgan fingerprint density at radius 2 is 2.11 bits per heavy atom. The molecule has 3 heteroatoms. The summed E-state index contributed by atoms with van der Waals surface area (Å²) in [7, 11) is 0. The minimum absolute atomic E-state index is 0.318. The number of ether oxygens (including phenoxy) is 1. The third-order valence-electron chi connectivity index (χ3n) is 2.31. The highest BCUT2D eigenvalue weighted by Gasteiger charge is 1.93. The summed E-state index contributed by atoms with van der Waals surface area (Å²) >= 11 is 0. The fourth-order valence-electron chi connectivity index (χ4n) is 1.26. The SMILES string of the molecule is C=CC(=O)OCCCCCC.C=Cc1ccccn1. The molecule has 1 heterocycles. The van der Waals surface area contributed by atoms with Gasteiger partial charge in [-0.15, -0.1) is 0 Å². The summed E-state index contributed by atoms with van der Waals surface area (Å²) in [4.78, 5) is 14.5. The van der Waals surface area contributed by atoms with E-state index in [0.29, 0.717) is 6.61 Å². The van der Waals surface area contributed by atoms with E-state index < -0.39 is 0 Å². The van der Waals surface area contributed by atoms with Crippen LogP contribution in [-0.2, 0) is 9.53 Å². The normalized spacial score (nSPS) is 8.89. The highest BCUT2D eigenvalue weighted by Crippen LogP contribution is 1.98. The third kappa shape index (κ3) is 10.9. The van der Waals surface area contributed by atoms with Gasteiger partial charge in [0.2, 0.25) is 0 Å². The van der Waals surface area contributed by atoms with Crippen molar-refractivity contribution in [3.63, 3.8) is 0 Å². The van der Waals surface area contributed by atoms with E-state index in [4.69, 9.17) is 4.74 Å². The van der Waals surface area contributed by atoms with Crippen LogP contribution in [0.25, 0.3) is 6.08 Å². The van der Waals surface area contributed by atoms with Gasteiger partial charge in [-0.2, -0.15) is 0 Å². The molecule has 0 aliphatic rings. The number of hydrogen-bond acceptors (Lipinski definition) is 3. The van der Waals surface area contributed by atoms with Crippen molar-refractivity contribution in [2.75, 3.05) is 6.61 Å². The van der Waals surface area contributed by atoms with E-state index in [9.17, 15) is 4.79 Å². The van der Waals surface area contributed by atoms with E-state index in [1.165, 1.54) is 18.9 Å². The lowest BCUT2D eigenvalue weighted by Crippen LogP contribution is -2.01. The number of pyridine rings is 1. The largest absolute Gasteiger partial charge is 0.463 e. The van der Waals surface area contributed by atoms with Crippen LogP contribution >= 0.6 is 0 Å². The fourth-order valence-corrected chi connectivity index (χ4v) is 1.26. The Balaban J connectivity index is 0.000000356. The third-order valence-corrected chi connectivity index (χ3v) is 2.31. The van der Waals surface area contributed by atoms with Crippen LogP contribution in [0.15, 0.2) is 43.6 Å². The van der Waals surface area contributed by atoms with Crippen molar-refractivity contribution >= 4 is 12.0 Å². The first kappa shape index (κ1) is 17.1. The van der Waals surface area contributed by atoms with E-state index in [2.05, 4.69) is 25.1 Å². The van der Waals surface area contributed by atoms with Gasteiger partial charge in [0.05, 0.1) is 12.3 Å². The van der Waals surface area contributed by atoms with Gasteiger partial charge in [-0.1, -0.05) is 45.4 Å². The quantitative estimate of drug-likeness (QED) is 0.423.